The highest BCUT2D eigenvalue weighted by molar-refractivity contribution is 7.92. The molecule has 7 heteroatoms. The molecule has 0 aliphatic rings. The van der Waals surface area contributed by atoms with Gasteiger partial charge in [-0.25, -0.2) is 8.42 Å². The van der Waals surface area contributed by atoms with Gasteiger partial charge in [0.15, 0.2) is 0 Å². The molecular weight excluding hydrogens is 336 g/mol. The summed E-state index contributed by atoms with van der Waals surface area (Å²) in [6.07, 6.45) is 0. The number of hydrogen-bond donors (Lipinski definition) is 1. The van der Waals surface area contributed by atoms with E-state index < -0.39 is 16.6 Å². The molecule has 0 atom stereocenters. The Kier molecular flexibility index (Phi) is 5.13. The highest BCUT2D eigenvalue weighted by Crippen LogP contribution is 2.28. The van der Waals surface area contributed by atoms with Crippen molar-refractivity contribution in [1.29, 1.82) is 0 Å². The molecule has 0 aliphatic carbocycles. The molecule has 0 fully saturated rings. The van der Waals surface area contributed by atoms with Crippen LogP contribution in [0.2, 0.25) is 0 Å². The molecule has 0 aliphatic heterocycles. The standard InChI is InChI=1S/C17H19F2NO3S/c1-10-9-11(2)13(4)16(12(10)3)24(21,22)20-14-5-7-15(8-6-14)23-17(18)19/h5-9,17,20H,1-4H3. The molecule has 2 rings (SSSR count). The molecule has 0 heterocycles. The van der Waals surface area contributed by atoms with Crippen molar-refractivity contribution in [2.45, 2.75) is 39.2 Å². The van der Waals surface area contributed by atoms with E-state index in [0.717, 1.165) is 11.1 Å². The summed E-state index contributed by atoms with van der Waals surface area (Å²) in [5, 5.41) is 0. The molecule has 0 radical (unpaired) electrons. The maximum Gasteiger partial charge on any atom is 0.387 e. The number of anilines is 1. The largest absolute Gasteiger partial charge is 0.435 e. The van der Waals surface area contributed by atoms with Crippen molar-refractivity contribution in [3.8, 4) is 5.75 Å². The maximum absolute atomic E-state index is 12.7. The van der Waals surface area contributed by atoms with Crippen LogP contribution < -0.4 is 9.46 Å². The number of ether oxygens (including phenoxy) is 1. The fourth-order valence-electron chi connectivity index (χ4n) is 2.49. The number of sulfonamides is 1. The molecule has 130 valence electrons. The Labute approximate surface area is 140 Å². The second-order valence-corrected chi connectivity index (χ2v) is 7.22. The van der Waals surface area contributed by atoms with Crippen LogP contribution in [0.3, 0.4) is 0 Å². The Morgan fingerprint density at radius 2 is 1.46 bits per heavy atom. The molecule has 2 aromatic rings. The first kappa shape index (κ1) is 18.2. The predicted octanol–water partition coefficient (Wildman–Crippen LogP) is 4.32. The van der Waals surface area contributed by atoms with Crippen LogP contribution in [-0.4, -0.2) is 15.0 Å². The third-order valence-corrected chi connectivity index (χ3v) is 5.55. The van der Waals surface area contributed by atoms with Crippen molar-refractivity contribution in [2.24, 2.45) is 0 Å². The minimum absolute atomic E-state index is 0.0355. The average molecular weight is 355 g/mol. The van der Waals surface area contributed by atoms with Crippen LogP contribution in [0.4, 0.5) is 14.5 Å². The van der Waals surface area contributed by atoms with Gasteiger partial charge in [0.25, 0.3) is 10.0 Å². The predicted molar refractivity (Wildman–Crippen MR) is 89.3 cm³/mol. The Hall–Kier alpha value is -2.15. The van der Waals surface area contributed by atoms with Gasteiger partial charge in [0.1, 0.15) is 5.75 Å². The van der Waals surface area contributed by atoms with E-state index in [0.29, 0.717) is 11.1 Å². The van der Waals surface area contributed by atoms with Gasteiger partial charge in [0, 0.05) is 5.69 Å². The molecule has 0 spiro atoms. The Morgan fingerprint density at radius 1 is 0.958 bits per heavy atom. The van der Waals surface area contributed by atoms with Crippen LogP contribution in [0, 0.1) is 27.7 Å². The van der Waals surface area contributed by atoms with Crippen LogP contribution in [0.1, 0.15) is 22.3 Å². The normalized spacial score (nSPS) is 11.6. The molecule has 0 amide bonds. The number of alkyl halides is 2. The van der Waals surface area contributed by atoms with Crippen LogP contribution in [-0.2, 0) is 10.0 Å². The first-order chi connectivity index (χ1) is 11.1. The third kappa shape index (κ3) is 3.84. The van der Waals surface area contributed by atoms with Crippen molar-refractivity contribution in [2.75, 3.05) is 4.72 Å². The molecule has 1 N–H and O–H groups in total. The van der Waals surface area contributed by atoms with E-state index in [1.165, 1.54) is 24.3 Å². The smallest absolute Gasteiger partial charge is 0.387 e. The van der Waals surface area contributed by atoms with Gasteiger partial charge >= 0.3 is 6.61 Å². The number of halogens is 2. The SMILES string of the molecule is Cc1cc(C)c(C)c(S(=O)(=O)Nc2ccc(OC(F)F)cc2)c1C. The van der Waals surface area contributed by atoms with Gasteiger partial charge in [0.05, 0.1) is 4.90 Å². The zero-order valence-corrected chi connectivity index (χ0v) is 14.7. The zero-order valence-electron chi connectivity index (χ0n) is 13.9. The Bertz CT molecular complexity index is 821. The number of aryl methyl sites for hydroxylation is 2. The quantitative estimate of drug-likeness (QED) is 0.869. The average Bonchev–Trinajstić information content (AvgIpc) is 2.46. The zero-order chi connectivity index (χ0) is 18.1. The topological polar surface area (TPSA) is 55.4 Å². The summed E-state index contributed by atoms with van der Waals surface area (Å²) in [6.45, 7) is 4.31. The third-order valence-electron chi connectivity index (χ3n) is 3.90. The second-order valence-electron chi connectivity index (χ2n) is 5.60. The van der Waals surface area contributed by atoms with Crippen molar-refractivity contribution in [1.82, 2.24) is 0 Å². The van der Waals surface area contributed by atoms with E-state index in [4.69, 9.17) is 0 Å². The lowest BCUT2D eigenvalue weighted by atomic mass is 10.0. The first-order valence-electron chi connectivity index (χ1n) is 7.27. The fourth-order valence-corrected chi connectivity index (χ4v) is 4.17. The summed E-state index contributed by atoms with van der Waals surface area (Å²) in [4.78, 5) is 0.243. The van der Waals surface area contributed by atoms with Gasteiger partial charge in [-0.3, -0.25) is 4.72 Å². The van der Waals surface area contributed by atoms with Crippen LogP contribution >= 0.6 is 0 Å². The van der Waals surface area contributed by atoms with Gasteiger partial charge in [-0.05, 0) is 74.2 Å². The lowest BCUT2D eigenvalue weighted by Gasteiger charge is -2.17. The van der Waals surface area contributed by atoms with Crippen LogP contribution in [0.25, 0.3) is 0 Å². The van der Waals surface area contributed by atoms with Gasteiger partial charge in [0.2, 0.25) is 0 Å². The number of nitrogens with one attached hydrogen (secondary N) is 1. The van der Waals surface area contributed by atoms with Crippen LogP contribution in [0.15, 0.2) is 35.2 Å². The summed E-state index contributed by atoms with van der Waals surface area (Å²) in [7, 11) is -3.79. The Morgan fingerprint density at radius 3 is 1.92 bits per heavy atom. The molecule has 4 nitrogen and oxygen atoms in total. The van der Waals surface area contributed by atoms with Gasteiger partial charge in [-0.15, -0.1) is 0 Å². The molecule has 2 aromatic carbocycles. The summed E-state index contributed by atoms with van der Waals surface area (Å²) in [6, 6.07) is 7.27. The monoisotopic (exact) mass is 355 g/mol. The molecule has 0 saturated carbocycles. The first-order valence-corrected chi connectivity index (χ1v) is 8.75. The van der Waals surface area contributed by atoms with Gasteiger partial charge in [-0.1, -0.05) is 6.07 Å². The van der Waals surface area contributed by atoms with E-state index in [9.17, 15) is 17.2 Å². The van der Waals surface area contributed by atoms with Crippen LogP contribution in [0.5, 0.6) is 5.75 Å². The second kappa shape index (κ2) is 6.76. The Balaban J connectivity index is 2.36. The summed E-state index contributed by atoms with van der Waals surface area (Å²) in [5.74, 6) is -0.0355. The van der Waals surface area contributed by atoms with E-state index in [1.54, 1.807) is 13.8 Å². The van der Waals surface area contributed by atoms with E-state index in [-0.39, 0.29) is 16.3 Å². The molecule has 0 unspecified atom stereocenters. The summed E-state index contributed by atoms with van der Waals surface area (Å²) in [5.41, 5.74) is 3.42. The van der Waals surface area contributed by atoms with Gasteiger partial charge in [-0.2, -0.15) is 8.78 Å². The van der Waals surface area contributed by atoms with Crippen molar-refractivity contribution >= 4 is 15.7 Å². The highest BCUT2D eigenvalue weighted by atomic mass is 32.2. The maximum atomic E-state index is 12.7. The molecular formula is C17H19F2NO3S. The number of hydrogen-bond acceptors (Lipinski definition) is 3. The minimum Gasteiger partial charge on any atom is -0.435 e. The van der Waals surface area contributed by atoms with Gasteiger partial charge < -0.3 is 4.74 Å². The van der Waals surface area contributed by atoms with E-state index in [2.05, 4.69) is 9.46 Å². The minimum atomic E-state index is -3.79. The summed E-state index contributed by atoms with van der Waals surface area (Å²) < 4.78 is 56.5. The lowest BCUT2D eigenvalue weighted by molar-refractivity contribution is -0.0498. The summed E-state index contributed by atoms with van der Waals surface area (Å²) >= 11 is 0. The number of rotatable bonds is 5. The molecule has 0 saturated heterocycles. The highest BCUT2D eigenvalue weighted by Gasteiger charge is 2.22. The van der Waals surface area contributed by atoms with E-state index in [1.807, 2.05) is 19.9 Å². The van der Waals surface area contributed by atoms with Crippen molar-refractivity contribution < 1.29 is 21.9 Å². The van der Waals surface area contributed by atoms with Crippen molar-refractivity contribution in [3.63, 3.8) is 0 Å². The molecule has 24 heavy (non-hydrogen) atoms. The fraction of sp³-hybridized carbons (Fsp3) is 0.294. The molecule has 0 aromatic heterocycles. The lowest BCUT2D eigenvalue weighted by Crippen LogP contribution is -2.17. The van der Waals surface area contributed by atoms with E-state index >= 15 is 0 Å². The van der Waals surface area contributed by atoms with Crippen molar-refractivity contribution in [3.05, 3.63) is 52.6 Å². The molecule has 0 bridgehead atoms. The number of benzene rings is 2.